The molecule has 3 saturated carbocycles. The summed E-state index contributed by atoms with van der Waals surface area (Å²) in [5.41, 5.74) is 3.32. The molecule has 40 heavy (non-hydrogen) atoms. The number of aryl methyl sites for hydroxylation is 2. The Morgan fingerprint density at radius 3 is 1.32 bits per heavy atom. The number of benzene rings is 2. The summed E-state index contributed by atoms with van der Waals surface area (Å²) in [6.45, 7) is 1.75. The molecule has 0 amide bonds. The molecule has 222 valence electrons. The summed E-state index contributed by atoms with van der Waals surface area (Å²) in [5.74, 6) is 6.22. The fourth-order valence-electron chi connectivity index (χ4n) is 8.31. The fraction of sp³-hybridized carbons (Fsp3) is 0.684. The molecule has 0 unspecified atom stereocenters. The van der Waals surface area contributed by atoms with Crippen LogP contribution >= 0.6 is 0 Å². The third-order valence-electron chi connectivity index (χ3n) is 10.9. The third kappa shape index (κ3) is 9.99. The number of halogens is 2. The van der Waals surface area contributed by atoms with Crippen LogP contribution in [0.3, 0.4) is 0 Å². The highest BCUT2D eigenvalue weighted by molar-refractivity contribution is 5.22. The lowest BCUT2D eigenvalue weighted by Crippen LogP contribution is -2.29. The molecule has 0 saturated heterocycles. The van der Waals surface area contributed by atoms with Crippen molar-refractivity contribution in [2.45, 2.75) is 123 Å². The Hall–Kier alpha value is -1.70. The molecular formula is C38H56F2. The molecule has 2 heteroatoms. The Morgan fingerprint density at radius 2 is 0.925 bits per heavy atom. The van der Waals surface area contributed by atoms with Crippen molar-refractivity contribution in [3.05, 3.63) is 71.3 Å². The van der Waals surface area contributed by atoms with Gasteiger partial charge in [-0.25, -0.2) is 4.39 Å². The van der Waals surface area contributed by atoms with E-state index in [0.717, 1.165) is 46.6 Å². The van der Waals surface area contributed by atoms with Crippen LogP contribution < -0.4 is 0 Å². The summed E-state index contributed by atoms with van der Waals surface area (Å²) in [5, 5.41) is 0. The van der Waals surface area contributed by atoms with Crippen molar-refractivity contribution >= 4 is 0 Å². The second kappa shape index (κ2) is 17.3. The molecule has 0 spiro atoms. The first-order valence-electron chi connectivity index (χ1n) is 16.9. The van der Waals surface area contributed by atoms with Crippen molar-refractivity contribution in [2.75, 3.05) is 6.67 Å². The summed E-state index contributed by atoms with van der Waals surface area (Å²) in [6.07, 6.45) is 24.2. The minimum atomic E-state index is -0.360. The van der Waals surface area contributed by atoms with Gasteiger partial charge in [-0.15, -0.1) is 0 Å². The van der Waals surface area contributed by atoms with E-state index in [1.807, 2.05) is 18.2 Å². The van der Waals surface area contributed by atoms with Gasteiger partial charge in [0.2, 0.25) is 0 Å². The van der Waals surface area contributed by atoms with Gasteiger partial charge in [-0.2, -0.15) is 0 Å². The zero-order valence-corrected chi connectivity index (χ0v) is 25.4. The topological polar surface area (TPSA) is 0 Å². The standard InChI is InChI=1S/C31H49F.C7H7F/c1-2-3-24-10-14-28(15-11-24)30-18-20-31(21-19-30)29-16-12-26(13-17-29)5-4-25-6-8-27(9-7-25)22-23-32;8-6-7-4-2-1-3-5-7/h6-9,24,26,28-31H,2-5,10-23H2,1H3;1-5H,6H2/t24-,26?,28-,29?,30?,31?;. The number of hydrogen-bond acceptors (Lipinski definition) is 0. The molecule has 0 nitrogen and oxygen atoms in total. The minimum Gasteiger partial charge on any atom is -0.251 e. The molecule has 5 rings (SSSR count). The zero-order valence-electron chi connectivity index (χ0n) is 25.4. The second-order valence-corrected chi connectivity index (χ2v) is 13.4. The van der Waals surface area contributed by atoms with Crippen molar-refractivity contribution in [1.29, 1.82) is 0 Å². The highest BCUT2D eigenvalue weighted by Gasteiger charge is 2.34. The normalized spacial score (nSPS) is 28.9. The van der Waals surface area contributed by atoms with E-state index >= 15 is 0 Å². The van der Waals surface area contributed by atoms with E-state index in [4.69, 9.17) is 0 Å². The molecule has 0 bridgehead atoms. The summed E-state index contributed by atoms with van der Waals surface area (Å²) < 4.78 is 24.2. The molecule has 3 aliphatic carbocycles. The monoisotopic (exact) mass is 550 g/mol. The Kier molecular flexibility index (Phi) is 13.5. The Bertz CT molecular complexity index is 898. The Balaban J connectivity index is 0.000000398. The van der Waals surface area contributed by atoms with Crippen LogP contribution in [0.25, 0.3) is 0 Å². The van der Waals surface area contributed by atoms with Gasteiger partial charge in [-0.3, -0.25) is 4.39 Å². The van der Waals surface area contributed by atoms with E-state index in [2.05, 4.69) is 31.2 Å². The highest BCUT2D eigenvalue weighted by atomic mass is 19.1. The summed E-state index contributed by atoms with van der Waals surface area (Å²) >= 11 is 0. The molecular weight excluding hydrogens is 494 g/mol. The number of hydrogen-bond donors (Lipinski definition) is 0. The van der Waals surface area contributed by atoms with Gasteiger partial charge in [0.25, 0.3) is 0 Å². The van der Waals surface area contributed by atoms with E-state index in [9.17, 15) is 8.78 Å². The van der Waals surface area contributed by atoms with E-state index in [1.165, 1.54) is 69.8 Å². The SMILES string of the molecule is CCC[C@H]1CC[C@H](C2CCC(C3CCC(CCc4ccc(CCF)cc4)CC3)CC2)CC1.FCc1ccccc1. The molecule has 0 aromatic heterocycles. The number of alkyl halides is 2. The fourth-order valence-corrected chi connectivity index (χ4v) is 8.31. The van der Waals surface area contributed by atoms with E-state index in [1.54, 1.807) is 50.7 Å². The molecule has 0 heterocycles. The summed E-state index contributed by atoms with van der Waals surface area (Å²) in [7, 11) is 0. The smallest absolute Gasteiger partial charge is 0.115 e. The van der Waals surface area contributed by atoms with Crippen molar-refractivity contribution in [3.63, 3.8) is 0 Å². The van der Waals surface area contributed by atoms with Crippen LogP contribution in [0.5, 0.6) is 0 Å². The maximum Gasteiger partial charge on any atom is 0.115 e. The molecule has 0 aliphatic heterocycles. The maximum absolute atomic E-state index is 12.5. The van der Waals surface area contributed by atoms with Gasteiger partial charge in [0.05, 0.1) is 6.67 Å². The average molecular weight is 551 g/mol. The predicted molar refractivity (Wildman–Crippen MR) is 167 cm³/mol. The van der Waals surface area contributed by atoms with Gasteiger partial charge >= 0.3 is 0 Å². The van der Waals surface area contributed by atoms with E-state index in [-0.39, 0.29) is 13.3 Å². The molecule has 0 radical (unpaired) electrons. The van der Waals surface area contributed by atoms with Crippen molar-refractivity contribution < 1.29 is 8.78 Å². The van der Waals surface area contributed by atoms with Crippen LogP contribution in [0.15, 0.2) is 54.6 Å². The zero-order chi connectivity index (χ0) is 28.0. The molecule has 0 N–H and O–H groups in total. The van der Waals surface area contributed by atoms with Crippen molar-refractivity contribution in [3.8, 4) is 0 Å². The van der Waals surface area contributed by atoms with Crippen LogP contribution in [0.2, 0.25) is 0 Å². The minimum absolute atomic E-state index is 0.246. The van der Waals surface area contributed by atoms with Crippen LogP contribution in [0.1, 0.15) is 120 Å². The lowest BCUT2D eigenvalue weighted by atomic mass is 9.64. The first-order chi connectivity index (χ1) is 19.7. The van der Waals surface area contributed by atoms with Gasteiger partial charge in [-0.05, 0) is 116 Å². The van der Waals surface area contributed by atoms with Crippen LogP contribution in [0.4, 0.5) is 8.78 Å². The first kappa shape index (κ1) is 31.2. The second-order valence-electron chi connectivity index (χ2n) is 13.4. The highest BCUT2D eigenvalue weighted by Crippen LogP contribution is 2.46. The summed E-state index contributed by atoms with van der Waals surface area (Å²) in [6, 6.07) is 17.8. The molecule has 3 aliphatic rings. The van der Waals surface area contributed by atoms with Crippen molar-refractivity contribution in [2.24, 2.45) is 35.5 Å². The molecule has 2 aromatic rings. The molecule has 0 atom stereocenters. The van der Waals surface area contributed by atoms with Gasteiger partial charge in [0, 0.05) is 6.42 Å². The quantitative estimate of drug-likeness (QED) is 0.276. The van der Waals surface area contributed by atoms with Crippen LogP contribution in [0, 0.1) is 35.5 Å². The van der Waals surface area contributed by atoms with E-state index in [0.29, 0.717) is 6.42 Å². The lowest BCUT2D eigenvalue weighted by molar-refractivity contribution is 0.102. The van der Waals surface area contributed by atoms with Gasteiger partial charge in [-0.1, -0.05) is 100 Å². The van der Waals surface area contributed by atoms with E-state index < -0.39 is 0 Å². The molecule has 3 fully saturated rings. The lowest BCUT2D eigenvalue weighted by Gasteiger charge is -2.41. The Morgan fingerprint density at radius 1 is 0.500 bits per heavy atom. The van der Waals surface area contributed by atoms with Crippen LogP contribution in [-0.4, -0.2) is 6.67 Å². The molecule has 2 aromatic carbocycles. The van der Waals surface area contributed by atoms with Gasteiger partial charge in [0.15, 0.2) is 0 Å². The first-order valence-corrected chi connectivity index (χ1v) is 16.9. The largest absolute Gasteiger partial charge is 0.251 e. The van der Waals surface area contributed by atoms with Crippen LogP contribution in [-0.2, 0) is 19.5 Å². The predicted octanol–water partition coefficient (Wildman–Crippen LogP) is 11.5. The third-order valence-corrected chi connectivity index (χ3v) is 10.9. The number of rotatable bonds is 10. The average Bonchev–Trinajstić information content (AvgIpc) is 3.02. The van der Waals surface area contributed by atoms with Crippen molar-refractivity contribution in [1.82, 2.24) is 0 Å². The summed E-state index contributed by atoms with van der Waals surface area (Å²) in [4.78, 5) is 0. The maximum atomic E-state index is 12.5. The van der Waals surface area contributed by atoms with Gasteiger partial charge < -0.3 is 0 Å². The van der Waals surface area contributed by atoms with Gasteiger partial charge in [0.1, 0.15) is 6.67 Å². The Labute approximate surface area is 244 Å².